The number of carbonyl (C=O) groups excluding carboxylic acids is 1. The number of hydrogen-bond donors (Lipinski definition) is 2. The summed E-state index contributed by atoms with van der Waals surface area (Å²) in [5.41, 5.74) is 2.70. The summed E-state index contributed by atoms with van der Waals surface area (Å²) in [6, 6.07) is 11.7. The maximum Gasteiger partial charge on any atom is 0.275 e. The third kappa shape index (κ3) is 4.38. The number of halogens is 2. The number of hydrazone groups is 1. The van der Waals surface area contributed by atoms with E-state index in [0.29, 0.717) is 21.6 Å². The maximum absolute atomic E-state index is 12.1. The first-order chi connectivity index (χ1) is 13.3. The van der Waals surface area contributed by atoms with Crippen LogP contribution in [0.2, 0.25) is 5.02 Å². The summed E-state index contributed by atoms with van der Waals surface area (Å²) in [6.07, 6.45) is 1.27. The van der Waals surface area contributed by atoms with E-state index in [4.69, 9.17) is 16.0 Å². The predicted octanol–water partition coefficient (Wildman–Crippen LogP) is 4.74. The molecule has 3 rings (SSSR count). The molecule has 1 aromatic heterocycles. The molecule has 0 radical (unpaired) electrons. The Labute approximate surface area is 171 Å². The van der Waals surface area contributed by atoms with E-state index in [1.54, 1.807) is 18.2 Å². The zero-order valence-electron chi connectivity index (χ0n) is 13.9. The number of nitro groups is 1. The summed E-state index contributed by atoms with van der Waals surface area (Å²) in [5, 5.41) is 24.5. The van der Waals surface area contributed by atoms with Gasteiger partial charge in [0, 0.05) is 22.2 Å². The molecule has 0 aliphatic rings. The topological polar surface area (TPSA) is 118 Å². The first-order valence-corrected chi connectivity index (χ1v) is 8.88. The standard InChI is InChI=1S/C18H11BrClN3O5/c19-10-1-5-16(24)14(7-10)18(25)22-21-9-12-3-6-17(28-12)13-4-2-11(23(26)27)8-15(13)20/h1-9,24H,(H,22,25)/b21-9+. The fourth-order valence-electron chi connectivity index (χ4n) is 2.29. The van der Waals surface area contributed by atoms with Gasteiger partial charge in [0.2, 0.25) is 0 Å². The average molecular weight is 465 g/mol. The van der Waals surface area contributed by atoms with Crippen molar-refractivity contribution in [1.82, 2.24) is 5.43 Å². The van der Waals surface area contributed by atoms with Gasteiger partial charge in [-0.3, -0.25) is 14.9 Å². The lowest BCUT2D eigenvalue weighted by Gasteiger charge is -2.03. The second-order valence-electron chi connectivity index (χ2n) is 5.48. The highest BCUT2D eigenvalue weighted by atomic mass is 79.9. The molecule has 2 aromatic carbocycles. The number of carbonyl (C=O) groups is 1. The zero-order chi connectivity index (χ0) is 20.3. The second-order valence-corrected chi connectivity index (χ2v) is 6.81. The van der Waals surface area contributed by atoms with E-state index in [2.05, 4.69) is 26.5 Å². The summed E-state index contributed by atoms with van der Waals surface area (Å²) in [6.45, 7) is 0. The van der Waals surface area contributed by atoms with Crippen molar-refractivity contribution in [1.29, 1.82) is 0 Å². The Bertz CT molecular complexity index is 1100. The van der Waals surface area contributed by atoms with Crippen molar-refractivity contribution in [2.75, 3.05) is 0 Å². The van der Waals surface area contributed by atoms with Gasteiger partial charge in [0.1, 0.15) is 17.3 Å². The predicted molar refractivity (Wildman–Crippen MR) is 107 cm³/mol. The molecule has 0 unspecified atom stereocenters. The number of nitrogens with zero attached hydrogens (tertiary/aromatic N) is 2. The van der Waals surface area contributed by atoms with Crippen molar-refractivity contribution in [3.63, 3.8) is 0 Å². The summed E-state index contributed by atoms with van der Waals surface area (Å²) in [7, 11) is 0. The van der Waals surface area contributed by atoms with Gasteiger partial charge in [0.05, 0.1) is 21.7 Å². The quantitative estimate of drug-likeness (QED) is 0.321. The highest BCUT2D eigenvalue weighted by Crippen LogP contribution is 2.32. The number of non-ortho nitro benzene ring substituents is 1. The van der Waals surface area contributed by atoms with Gasteiger partial charge in [-0.15, -0.1) is 0 Å². The lowest BCUT2D eigenvalue weighted by molar-refractivity contribution is -0.384. The number of nitrogens with one attached hydrogen (secondary N) is 1. The van der Waals surface area contributed by atoms with Crippen molar-refractivity contribution in [3.8, 4) is 17.1 Å². The van der Waals surface area contributed by atoms with Gasteiger partial charge in [-0.25, -0.2) is 5.43 Å². The molecular formula is C18H11BrClN3O5. The van der Waals surface area contributed by atoms with E-state index in [9.17, 15) is 20.0 Å². The Morgan fingerprint density at radius 2 is 2.04 bits per heavy atom. The lowest BCUT2D eigenvalue weighted by atomic mass is 10.1. The minimum absolute atomic E-state index is 0.0596. The molecule has 0 aliphatic carbocycles. The molecule has 0 atom stereocenters. The molecule has 0 aliphatic heterocycles. The minimum Gasteiger partial charge on any atom is -0.507 e. The first-order valence-electron chi connectivity index (χ1n) is 7.71. The van der Waals surface area contributed by atoms with Gasteiger partial charge in [-0.1, -0.05) is 27.5 Å². The van der Waals surface area contributed by atoms with Crippen LogP contribution < -0.4 is 5.43 Å². The fourth-order valence-corrected chi connectivity index (χ4v) is 2.92. The van der Waals surface area contributed by atoms with Crippen molar-refractivity contribution in [2.24, 2.45) is 5.10 Å². The number of aromatic hydroxyl groups is 1. The minimum atomic E-state index is -0.597. The highest BCUT2D eigenvalue weighted by molar-refractivity contribution is 9.10. The van der Waals surface area contributed by atoms with E-state index >= 15 is 0 Å². The summed E-state index contributed by atoms with van der Waals surface area (Å²) in [4.78, 5) is 22.3. The third-order valence-corrected chi connectivity index (χ3v) is 4.42. The Hall–Kier alpha value is -3.17. The smallest absolute Gasteiger partial charge is 0.275 e. The number of furan rings is 1. The number of nitro benzene ring substituents is 1. The molecule has 3 aromatic rings. The molecule has 8 nitrogen and oxygen atoms in total. The van der Waals surface area contributed by atoms with Crippen LogP contribution in [0.1, 0.15) is 16.1 Å². The number of rotatable bonds is 5. The Balaban J connectivity index is 1.72. The van der Waals surface area contributed by atoms with E-state index in [0.717, 1.165) is 0 Å². The molecule has 1 heterocycles. The van der Waals surface area contributed by atoms with E-state index in [1.807, 2.05) is 0 Å². The van der Waals surface area contributed by atoms with Crippen LogP contribution >= 0.6 is 27.5 Å². The SMILES string of the molecule is O=C(N/N=C/c1ccc(-c2ccc([N+](=O)[O-])cc2Cl)o1)c1cc(Br)ccc1O. The van der Waals surface area contributed by atoms with Gasteiger partial charge in [-0.05, 0) is 36.4 Å². The van der Waals surface area contributed by atoms with Crippen LogP contribution in [0.3, 0.4) is 0 Å². The molecule has 2 N–H and O–H groups in total. The molecule has 0 fully saturated rings. The van der Waals surface area contributed by atoms with Crippen LogP contribution in [0.25, 0.3) is 11.3 Å². The largest absolute Gasteiger partial charge is 0.507 e. The Morgan fingerprint density at radius 3 is 2.75 bits per heavy atom. The van der Waals surface area contributed by atoms with Crippen LogP contribution in [-0.4, -0.2) is 22.2 Å². The fraction of sp³-hybridized carbons (Fsp3) is 0. The number of hydrogen-bond acceptors (Lipinski definition) is 6. The van der Waals surface area contributed by atoms with Crippen molar-refractivity contribution < 1.29 is 19.2 Å². The van der Waals surface area contributed by atoms with Gasteiger partial charge in [0.15, 0.2) is 0 Å². The van der Waals surface area contributed by atoms with Crippen molar-refractivity contribution in [2.45, 2.75) is 0 Å². The molecular weight excluding hydrogens is 454 g/mol. The van der Waals surface area contributed by atoms with Gasteiger partial charge in [-0.2, -0.15) is 5.10 Å². The Kier molecular flexibility index (Phi) is 5.76. The number of amides is 1. The molecule has 10 heteroatoms. The molecule has 0 spiro atoms. The number of phenols is 1. The summed E-state index contributed by atoms with van der Waals surface area (Å²) >= 11 is 9.30. The van der Waals surface area contributed by atoms with Crippen LogP contribution in [-0.2, 0) is 0 Å². The van der Waals surface area contributed by atoms with Gasteiger partial charge >= 0.3 is 0 Å². The number of phenolic OH excluding ortho intramolecular Hbond substituents is 1. The average Bonchev–Trinajstić information content (AvgIpc) is 3.12. The van der Waals surface area contributed by atoms with Crippen molar-refractivity contribution in [3.05, 3.63) is 79.5 Å². The third-order valence-electron chi connectivity index (χ3n) is 3.62. The zero-order valence-corrected chi connectivity index (χ0v) is 16.3. The molecule has 28 heavy (non-hydrogen) atoms. The normalized spacial score (nSPS) is 10.9. The van der Waals surface area contributed by atoms with Crippen LogP contribution in [0, 0.1) is 10.1 Å². The Morgan fingerprint density at radius 1 is 1.25 bits per heavy atom. The van der Waals surface area contributed by atoms with Crippen LogP contribution in [0.5, 0.6) is 5.75 Å². The molecule has 0 bridgehead atoms. The molecule has 1 amide bonds. The maximum atomic E-state index is 12.1. The first kappa shape index (κ1) is 19.6. The summed E-state index contributed by atoms with van der Waals surface area (Å²) in [5.74, 6) is -0.0651. The van der Waals surface area contributed by atoms with Crippen molar-refractivity contribution >= 4 is 45.3 Å². The van der Waals surface area contributed by atoms with E-state index < -0.39 is 10.8 Å². The lowest BCUT2D eigenvalue weighted by Crippen LogP contribution is -2.17. The molecule has 142 valence electrons. The molecule has 0 saturated carbocycles. The monoisotopic (exact) mass is 463 g/mol. The number of benzene rings is 2. The highest BCUT2D eigenvalue weighted by Gasteiger charge is 2.14. The van der Waals surface area contributed by atoms with Crippen LogP contribution in [0.4, 0.5) is 5.69 Å². The molecule has 0 saturated heterocycles. The van der Waals surface area contributed by atoms with Crippen LogP contribution in [0.15, 0.2) is 62.5 Å². The second kappa shape index (κ2) is 8.24. The van der Waals surface area contributed by atoms with Gasteiger partial charge < -0.3 is 9.52 Å². The van der Waals surface area contributed by atoms with Gasteiger partial charge in [0.25, 0.3) is 11.6 Å². The summed E-state index contributed by atoms with van der Waals surface area (Å²) < 4.78 is 6.20. The van der Waals surface area contributed by atoms with E-state index in [-0.39, 0.29) is 22.0 Å². The van der Waals surface area contributed by atoms with E-state index in [1.165, 1.54) is 36.5 Å².